The summed E-state index contributed by atoms with van der Waals surface area (Å²) in [5, 5.41) is 4.55. The summed E-state index contributed by atoms with van der Waals surface area (Å²) in [4.78, 5) is 0. The number of ether oxygens (including phenoxy) is 1. The number of hydrogen-bond donors (Lipinski definition) is 1. The summed E-state index contributed by atoms with van der Waals surface area (Å²) in [6, 6.07) is 5.36. The zero-order chi connectivity index (χ0) is 14.2. The van der Waals surface area contributed by atoms with Gasteiger partial charge < -0.3 is 15.0 Å². The van der Waals surface area contributed by atoms with E-state index < -0.39 is 0 Å². The highest BCUT2D eigenvalue weighted by Gasteiger charge is 2.24. The molecular formula is C14H17ClN2O2. The smallest absolute Gasteiger partial charge is 0.222 e. The first-order valence-corrected chi connectivity index (χ1v) is 6.31. The molecule has 1 heterocycles. The average molecular weight is 281 g/mol. The zero-order valence-electron chi connectivity index (χ0n) is 11.5. The molecule has 5 heteroatoms. The van der Waals surface area contributed by atoms with E-state index in [-0.39, 0.29) is 11.3 Å². The van der Waals surface area contributed by atoms with Crippen LogP contribution in [0.1, 0.15) is 26.3 Å². The van der Waals surface area contributed by atoms with Crippen LogP contribution in [0.15, 0.2) is 22.7 Å². The molecule has 0 aliphatic heterocycles. The second kappa shape index (κ2) is 4.78. The van der Waals surface area contributed by atoms with E-state index in [0.717, 1.165) is 16.9 Å². The Kier molecular flexibility index (Phi) is 3.45. The molecule has 0 aliphatic carbocycles. The summed E-state index contributed by atoms with van der Waals surface area (Å²) in [7, 11) is 1.63. The summed E-state index contributed by atoms with van der Waals surface area (Å²) in [6.07, 6.45) is 0. The van der Waals surface area contributed by atoms with E-state index in [1.165, 1.54) is 0 Å². The minimum atomic E-state index is -0.0970. The predicted octanol–water partition coefficient (Wildman–Crippen LogP) is 3.88. The van der Waals surface area contributed by atoms with Crippen LogP contribution in [0.5, 0.6) is 5.75 Å². The number of halogens is 1. The fraction of sp³-hybridized carbons (Fsp3) is 0.357. The molecule has 2 aromatic rings. The van der Waals surface area contributed by atoms with E-state index in [1.807, 2.05) is 6.07 Å². The van der Waals surface area contributed by atoms with Crippen molar-refractivity contribution in [3.8, 4) is 17.0 Å². The third-order valence-corrected chi connectivity index (χ3v) is 3.09. The summed E-state index contributed by atoms with van der Waals surface area (Å²) in [5.41, 5.74) is 7.87. The lowest BCUT2D eigenvalue weighted by Gasteiger charge is -2.24. The minimum absolute atomic E-state index is 0.0970. The molecular weight excluding hydrogens is 264 g/mol. The number of aromatic nitrogens is 1. The third kappa shape index (κ3) is 2.68. The lowest BCUT2D eigenvalue weighted by Crippen LogP contribution is -2.13. The molecule has 0 aliphatic rings. The van der Waals surface area contributed by atoms with Crippen molar-refractivity contribution in [2.24, 2.45) is 0 Å². The van der Waals surface area contributed by atoms with Crippen molar-refractivity contribution in [1.29, 1.82) is 0 Å². The van der Waals surface area contributed by atoms with Gasteiger partial charge in [-0.05, 0) is 17.5 Å². The molecule has 4 nitrogen and oxygen atoms in total. The number of rotatable bonds is 2. The molecule has 2 rings (SSSR count). The van der Waals surface area contributed by atoms with Crippen molar-refractivity contribution in [3.63, 3.8) is 0 Å². The van der Waals surface area contributed by atoms with Crippen LogP contribution >= 0.6 is 11.6 Å². The Morgan fingerprint density at radius 2 is 1.95 bits per heavy atom. The molecule has 0 fully saturated rings. The maximum Gasteiger partial charge on any atom is 0.222 e. The Morgan fingerprint density at radius 1 is 1.26 bits per heavy atom. The van der Waals surface area contributed by atoms with Gasteiger partial charge in [0, 0.05) is 22.2 Å². The van der Waals surface area contributed by atoms with Gasteiger partial charge in [-0.3, -0.25) is 0 Å². The van der Waals surface area contributed by atoms with Gasteiger partial charge in [-0.15, -0.1) is 0 Å². The third-order valence-electron chi connectivity index (χ3n) is 2.87. The van der Waals surface area contributed by atoms with Crippen LogP contribution in [0.4, 0.5) is 5.88 Å². The monoisotopic (exact) mass is 280 g/mol. The molecule has 0 saturated heterocycles. The molecule has 0 spiro atoms. The molecule has 102 valence electrons. The highest BCUT2D eigenvalue weighted by molar-refractivity contribution is 6.31. The molecule has 1 aromatic carbocycles. The van der Waals surface area contributed by atoms with E-state index in [4.69, 9.17) is 26.6 Å². The number of nitrogens with two attached hydrogens (primary N) is 1. The van der Waals surface area contributed by atoms with Gasteiger partial charge in [0.15, 0.2) is 0 Å². The van der Waals surface area contributed by atoms with Crippen molar-refractivity contribution in [2.75, 3.05) is 12.8 Å². The van der Waals surface area contributed by atoms with Gasteiger partial charge in [-0.2, -0.15) is 0 Å². The molecule has 0 amide bonds. The first-order chi connectivity index (χ1) is 8.82. The van der Waals surface area contributed by atoms with Gasteiger partial charge in [0.2, 0.25) is 5.88 Å². The van der Waals surface area contributed by atoms with Gasteiger partial charge in [0.05, 0.1) is 7.11 Å². The Labute approximate surface area is 117 Å². The maximum absolute atomic E-state index is 6.20. The van der Waals surface area contributed by atoms with Crippen LogP contribution in [0.25, 0.3) is 11.3 Å². The van der Waals surface area contributed by atoms with Gasteiger partial charge in [0.1, 0.15) is 11.4 Å². The summed E-state index contributed by atoms with van der Waals surface area (Å²) in [5.74, 6) is 1.000. The predicted molar refractivity (Wildman–Crippen MR) is 76.6 cm³/mol. The first-order valence-electron chi connectivity index (χ1n) is 5.93. The normalized spacial score (nSPS) is 11.6. The lowest BCUT2D eigenvalue weighted by molar-refractivity contribution is 0.397. The van der Waals surface area contributed by atoms with Gasteiger partial charge >= 0.3 is 0 Å². The van der Waals surface area contributed by atoms with Crippen LogP contribution < -0.4 is 10.5 Å². The van der Waals surface area contributed by atoms with Crippen LogP contribution in [-0.4, -0.2) is 12.3 Å². The topological polar surface area (TPSA) is 61.3 Å². The second-order valence-corrected chi connectivity index (χ2v) is 5.84. The van der Waals surface area contributed by atoms with Gasteiger partial charge in [0.25, 0.3) is 0 Å². The minimum Gasteiger partial charge on any atom is -0.496 e. The number of benzene rings is 1. The van der Waals surface area contributed by atoms with Gasteiger partial charge in [-0.25, -0.2) is 0 Å². The van der Waals surface area contributed by atoms with Crippen LogP contribution in [-0.2, 0) is 5.41 Å². The van der Waals surface area contributed by atoms with E-state index >= 15 is 0 Å². The van der Waals surface area contributed by atoms with Gasteiger partial charge in [-0.1, -0.05) is 37.5 Å². The number of methoxy groups -OCH3 is 1. The van der Waals surface area contributed by atoms with Crippen molar-refractivity contribution in [3.05, 3.63) is 28.8 Å². The first kappa shape index (κ1) is 13.7. The fourth-order valence-corrected chi connectivity index (χ4v) is 2.20. The number of nitrogen functional groups attached to an aromatic ring is 1. The quantitative estimate of drug-likeness (QED) is 0.907. The van der Waals surface area contributed by atoms with E-state index in [0.29, 0.717) is 10.7 Å². The van der Waals surface area contributed by atoms with E-state index in [2.05, 4.69) is 25.9 Å². The average Bonchev–Trinajstić information content (AvgIpc) is 2.73. The molecule has 1 aromatic heterocycles. The van der Waals surface area contributed by atoms with Crippen LogP contribution in [0.3, 0.4) is 0 Å². The summed E-state index contributed by atoms with van der Waals surface area (Å²) < 4.78 is 10.5. The van der Waals surface area contributed by atoms with Crippen molar-refractivity contribution < 1.29 is 9.26 Å². The van der Waals surface area contributed by atoms with Crippen LogP contribution in [0.2, 0.25) is 5.02 Å². The standard InChI is InChI=1S/C14H17ClN2O2/c1-14(2,3)10-6-8(15)5-9(13(10)18-4)11-7-12(16)19-17-11/h5-7H,16H2,1-4H3. The number of nitrogens with zero attached hydrogens (tertiary/aromatic N) is 1. The zero-order valence-corrected chi connectivity index (χ0v) is 12.2. The number of hydrogen-bond acceptors (Lipinski definition) is 4. The molecule has 0 bridgehead atoms. The molecule has 19 heavy (non-hydrogen) atoms. The Bertz CT molecular complexity index is 600. The molecule has 0 atom stereocenters. The Hall–Kier alpha value is -1.68. The molecule has 0 radical (unpaired) electrons. The highest BCUT2D eigenvalue weighted by atomic mass is 35.5. The number of anilines is 1. The largest absolute Gasteiger partial charge is 0.496 e. The SMILES string of the molecule is COc1c(-c2cc(N)on2)cc(Cl)cc1C(C)(C)C. The molecule has 0 unspecified atom stereocenters. The summed E-state index contributed by atoms with van der Waals surface area (Å²) >= 11 is 6.20. The van der Waals surface area contributed by atoms with Crippen molar-refractivity contribution >= 4 is 17.5 Å². The molecule has 2 N–H and O–H groups in total. The van der Waals surface area contributed by atoms with E-state index in [9.17, 15) is 0 Å². The van der Waals surface area contributed by atoms with Crippen molar-refractivity contribution in [1.82, 2.24) is 5.16 Å². The Morgan fingerprint density at radius 3 is 2.42 bits per heavy atom. The maximum atomic E-state index is 6.20. The lowest BCUT2D eigenvalue weighted by atomic mass is 9.85. The fourth-order valence-electron chi connectivity index (χ4n) is 1.98. The van der Waals surface area contributed by atoms with Crippen LogP contribution in [0, 0.1) is 0 Å². The van der Waals surface area contributed by atoms with E-state index in [1.54, 1.807) is 19.2 Å². The second-order valence-electron chi connectivity index (χ2n) is 5.40. The summed E-state index contributed by atoms with van der Waals surface area (Å²) in [6.45, 7) is 6.30. The van der Waals surface area contributed by atoms with Crippen molar-refractivity contribution in [2.45, 2.75) is 26.2 Å². The highest BCUT2D eigenvalue weighted by Crippen LogP contribution is 2.41. The molecule has 0 saturated carbocycles. The Balaban J connectivity index is 2.70.